The zero-order valence-electron chi connectivity index (χ0n) is 13.6. The van der Waals surface area contributed by atoms with Crippen molar-refractivity contribution in [2.75, 3.05) is 12.3 Å². The highest BCUT2D eigenvalue weighted by Gasteiger charge is 2.26. The van der Waals surface area contributed by atoms with Gasteiger partial charge < -0.3 is 4.90 Å². The van der Waals surface area contributed by atoms with E-state index in [1.165, 1.54) is 0 Å². The Morgan fingerprint density at radius 3 is 2.92 bits per heavy atom. The summed E-state index contributed by atoms with van der Waals surface area (Å²) in [6.07, 6.45) is 5.50. The molecule has 26 heavy (non-hydrogen) atoms. The van der Waals surface area contributed by atoms with Crippen LogP contribution in [0.1, 0.15) is 16.1 Å². The second kappa shape index (κ2) is 7.61. The van der Waals surface area contributed by atoms with Gasteiger partial charge in [-0.1, -0.05) is 23.7 Å². The van der Waals surface area contributed by atoms with Crippen LogP contribution in [0.5, 0.6) is 0 Å². The van der Waals surface area contributed by atoms with Gasteiger partial charge in [0.1, 0.15) is 5.01 Å². The maximum absolute atomic E-state index is 12.9. The van der Waals surface area contributed by atoms with Gasteiger partial charge in [0.15, 0.2) is 0 Å². The van der Waals surface area contributed by atoms with E-state index in [0.717, 1.165) is 27.0 Å². The van der Waals surface area contributed by atoms with E-state index < -0.39 is 0 Å². The van der Waals surface area contributed by atoms with E-state index in [-0.39, 0.29) is 5.91 Å². The minimum Gasteiger partial charge on any atom is -0.302 e. The van der Waals surface area contributed by atoms with Crippen molar-refractivity contribution in [2.45, 2.75) is 0 Å². The average Bonchev–Trinajstić information content (AvgIpc) is 3.32. The highest BCUT2D eigenvalue weighted by Crippen LogP contribution is 2.33. The van der Waals surface area contributed by atoms with Crippen LogP contribution < -0.4 is 0 Å². The summed E-state index contributed by atoms with van der Waals surface area (Å²) in [5, 5.41) is 4.28. The first kappa shape index (κ1) is 17.3. The summed E-state index contributed by atoms with van der Waals surface area (Å²) in [6.45, 7) is 0.667. The van der Waals surface area contributed by atoms with Crippen molar-refractivity contribution in [3.8, 4) is 10.6 Å². The minimum absolute atomic E-state index is 0.0745. The largest absolute Gasteiger partial charge is 0.302 e. The van der Waals surface area contributed by atoms with Crippen molar-refractivity contribution in [1.82, 2.24) is 14.9 Å². The average molecular weight is 400 g/mol. The Balaban J connectivity index is 1.60. The van der Waals surface area contributed by atoms with E-state index in [9.17, 15) is 4.79 Å². The lowest BCUT2D eigenvalue weighted by Gasteiger charge is -2.17. The summed E-state index contributed by atoms with van der Waals surface area (Å²) in [5.74, 6) is 0.788. The van der Waals surface area contributed by atoms with Crippen LogP contribution in [0.15, 0.2) is 59.2 Å². The van der Waals surface area contributed by atoms with Gasteiger partial charge in [-0.05, 0) is 30.3 Å². The fourth-order valence-electron chi connectivity index (χ4n) is 2.63. The van der Waals surface area contributed by atoms with Gasteiger partial charge in [-0.15, -0.1) is 23.1 Å². The monoisotopic (exact) mass is 399 g/mol. The molecule has 1 fully saturated rings. The first-order valence-corrected chi connectivity index (χ1v) is 10.2. The van der Waals surface area contributed by atoms with Crippen LogP contribution in [-0.2, 0) is 0 Å². The molecule has 0 atom stereocenters. The summed E-state index contributed by atoms with van der Waals surface area (Å²) in [6, 6.07) is 11.0. The molecule has 1 amide bonds. The molecule has 1 saturated heterocycles. The number of thiazole rings is 1. The van der Waals surface area contributed by atoms with E-state index in [2.05, 4.69) is 9.97 Å². The summed E-state index contributed by atoms with van der Waals surface area (Å²) in [7, 11) is 0. The molecule has 130 valence electrons. The van der Waals surface area contributed by atoms with Crippen molar-refractivity contribution in [2.24, 2.45) is 0 Å². The quantitative estimate of drug-likeness (QED) is 0.618. The van der Waals surface area contributed by atoms with Gasteiger partial charge in [0, 0.05) is 35.6 Å². The van der Waals surface area contributed by atoms with Gasteiger partial charge in [-0.2, -0.15) is 0 Å². The highest BCUT2D eigenvalue weighted by molar-refractivity contribution is 8.03. The standard InChI is InChI=1S/C19H14ClN3OS2/c20-16-6-2-1-5-15(16)19(24)23-8-9-25-17(23)10-14-12-26-18(22-14)13-4-3-7-21-11-13/h1-7,10-12H,8-9H2/b17-10+. The zero-order valence-corrected chi connectivity index (χ0v) is 16.0. The zero-order chi connectivity index (χ0) is 17.9. The smallest absolute Gasteiger partial charge is 0.260 e. The van der Waals surface area contributed by atoms with Crippen LogP contribution in [0.4, 0.5) is 0 Å². The van der Waals surface area contributed by atoms with Gasteiger partial charge >= 0.3 is 0 Å². The molecular weight excluding hydrogens is 386 g/mol. The molecule has 0 saturated carbocycles. The van der Waals surface area contributed by atoms with E-state index in [1.807, 2.05) is 35.7 Å². The Labute approximate surface area is 164 Å². The molecule has 0 spiro atoms. The van der Waals surface area contributed by atoms with Crippen LogP contribution in [0, 0.1) is 0 Å². The summed E-state index contributed by atoms with van der Waals surface area (Å²) in [5.41, 5.74) is 2.36. The Kier molecular flexibility index (Phi) is 5.06. The van der Waals surface area contributed by atoms with Gasteiger partial charge in [-0.25, -0.2) is 4.98 Å². The van der Waals surface area contributed by atoms with Crippen molar-refractivity contribution < 1.29 is 4.79 Å². The third kappa shape index (κ3) is 3.53. The second-order valence-electron chi connectivity index (χ2n) is 5.59. The molecule has 0 unspecified atom stereocenters. The molecule has 1 aliphatic heterocycles. The van der Waals surface area contributed by atoms with Crippen molar-refractivity contribution in [3.63, 3.8) is 0 Å². The number of thioether (sulfide) groups is 1. The molecule has 0 N–H and O–H groups in total. The fraction of sp³-hybridized carbons (Fsp3) is 0.105. The lowest BCUT2D eigenvalue weighted by atomic mass is 10.2. The molecule has 4 nitrogen and oxygen atoms in total. The van der Waals surface area contributed by atoms with Crippen molar-refractivity contribution >= 4 is 46.7 Å². The Morgan fingerprint density at radius 2 is 2.12 bits per heavy atom. The van der Waals surface area contributed by atoms with E-state index >= 15 is 0 Å². The predicted molar refractivity (Wildman–Crippen MR) is 108 cm³/mol. The molecule has 3 aromatic rings. The third-order valence-corrected chi connectivity index (χ3v) is 6.14. The first-order valence-electron chi connectivity index (χ1n) is 7.99. The molecule has 3 heterocycles. The second-order valence-corrected chi connectivity index (χ2v) is 7.97. The Bertz CT molecular complexity index is 972. The number of pyridine rings is 1. The van der Waals surface area contributed by atoms with Crippen LogP contribution in [0.3, 0.4) is 0 Å². The van der Waals surface area contributed by atoms with Crippen LogP contribution in [0.2, 0.25) is 5.02 Å². The maximum atomic E-state index is 12.9. The fourth-order valence-corrected chi connectivity index (χ4v) is 4.63. The number of carbonyl (C=O) groups is 1. The van der Waals surface area contributed by atoms with Crippen molar-refractivity contribution in [3.05, 3.63) is 75.5 Å². The molecule has 0 bridgehead atoms. The number of hydrogen-bond donors (Lipinski definition) is 0. The number of rotatable bonds is 3. The molecule has 0 aliphatic carbocycles. The van der Waals surface area contributed by atoms with Gasteiger partial charge in [0.2, 0.25) is 0 Å². The summed E-state index contributed by atoms with van der Waals surface area (Å²) >= 11 is 9.41. The van der Waals surface area contributed by atoms with Gasteiger partial charge in [0.05, 0.1) is 21.3 Å². The lowest BCUT2D eigenvalue weighted by molar-refractivity contribution is 0.0831. The topological polar surface area (TPSA) is 46.1 Å². The lowest BCUT2D eigenvalue weighted by Crippen LogP contribution is -2.26. The van der Waals surface area contributed by atoms with Gasteiger partial charge in [0.25, 0.3) is 5.91 Å². The van der Waals surface area contributed by atoms with Crippen LogP contribution >= 0.6 is 34.7 Å². The maximum Gasteiger partial charge on any atom is 0.260 e. The molecule has 0 radical (unpaired) electrons. The Hall–Kier alpha value is -2.15. The van der Waals surface area contributed by atoms with E-state index in [0.29, 0.717) is 17.1 Å². The van der Waals surface area contributed by atoms with Crippen LogP contribution in [0.25, 0.3) is 16.6 Å². The van der Waals surface area contributed by atoms with E-state index in [1.54, 1.807) is 52.5 Å². The predicted octanol–water partition coefficient (Wildman–Crippen LogP) is 5.05. The molecule has 1 aliphatic rings. The van der Waals surface area contributed by atoms with Crippen molar-refractivity contribution in [1.29, 1.82) is 0 Å². The normalized spacial score (nSPS) is 15.6. The number of amides is 1. The van der Waals surface area contributed by atoms with E-state index in [4.69, 9.17) is 11.6 Å². The molecular formula is C19H14ClN3OS2. The minimum atomic E-state index is -0.0745. The molecule has 7 heteroatoms. The number of carbonyl (C=O) groups excluding carboxylic acids is 1. The first-order chi connectivity index (χ1) is 12.7. The van der Waals surface area contributed by atoms with Gasteiger partial charge in [-0.3, -0.25) is 9.78 Å². The third-order valence-electron chi connectivity index (χ3n) is 3.88. The molecule has 4 rings (SSSR count). The summed E-state index contributed by atoms with van der Waals surface area (Å²) < 4.78 is 0. The Morgan fingerprint density at radius 1 is 1.23 bits per heavy atom. The number of aromatic nitrogens is 2. The number of halogens is 1. The molecule has 1 aromatic carbocycles. The van der Waals surface area contributed by atoms with Crippen LogP contribution in [-0.4, -0.2) is 33.1 Å². The highest BCUT2D eigenvalue weighted by atomic mass is 35.5. The number of hydrogen-bond acceptors (Lipinski definition) is 5. The number of benzene rings is 1. The SMILES string of the molecule is O=C(c1ccccc1Cl)N1CCS/C1=C/c1csc(-c2cccnc2)n1. The molecule has 2 aromatic heterocycles. The number of nitrogens with zero attached hydrogens (tertiary/aromatic N) is 3. The summed E-state index contributed by atoms with van der Waals surface area (Å²) in [4.78, 5) is 23.4.